The van der Waals surface area contributed by atoms with Crippen molar-refractivity contribution >= 4 is 17.4 Å². The summed E-state index contributed by atoms with van der Waals surface area (Å²) in [6.45, 7) is 1.94. The van der Waals surface area contributed by atoms with Crippen molar-refractivity contribution in [3.63, 3.8) is 0 Å². The lowest BCUT2D eigenvalue weighted by molar-refractivity contribution is -0.388. The van der Waals surface area contributed by atoms with E-state index in [-0.39, 0.29) is 10.6 Å². The molecular weight excluding hydrogens is 226 g/mol. The van der Waals surface area contributed by atoms with Crippen molar-refractivity contribution in [1.29, 1.82) is 0 Å². The zero-order valence-electron chi connectivity index (χ0n) is 8.76. The molecule has 0 radical (unpaired) electrons. The van der Waals surface area contributed by atoms with E-state index in [1.54, 1.807) is 12.3 Å². The molecule has 1 saturated heterocycles. The predicted molar refractivity (Wildman–Crippen MR) is 62.6 cm³/mol. The molecule has 16 heavy (non-hydrogen) atoms. The van der Waals surface area contributed by atoms with Crippen molar-refractivity contribution in [2.75, 3.05) is 13.1 Å². The van der Waals surface area contributed by atoms with E-state index in [9.17, 15) is 10.1 Å². The van der Waals surface area contributed by atoms with Crippen LogP contribution in [-0.4, -0.2) is 28.2 Å². The largest absolute Gasteiger partial charge is 0.316 e. The van der Waals surface area contributed by atoms with Gasteiger partial charge in [-0.15, -0.1) is 0 Å². The summed E-state index contributed by atoms with van der Waals surface area (Å²) in [6, 6.07) is 3.10. The molecule has 1 aromatic rings. The van der Waals surface area contributed by atoms with E-state index in [4.69, 9.17) is 0 Å². The van der Waals surface area contributed by atoms with Crippen LogP contribution in [0.1, 0.15) is 12.8 Å². The molecule has 2 rings (SSSR count). The molecule has 1 aliphatic heterocycles. The average molecular weight is 239 g/mol. The minimum Gasteiger partial charge on any atom is -0.316 e. The smallest absolute Gasteiger partial charge is 0.301 e. The van der Waals surface area contributed by atoms with Gasteiger partial charge in [0.15, 0.2) is 5.03 Å². The highest BCUT2D eigenvalue weighted by molar-refractivity contribution is 8.00. The summed E-state index contributed by atoms with van der Waals surface area (Å²) in [5.41, 5.74) is 0.109. The number of hydrogen-bond donors (Lipinski definition) is 1. The van der Waals surface area contributed by atoms with Crippen LogP contribution in [0.5, 0.6) is 0 Å². The van der Waals surface area contributed by atoms with E-state index in [1.165, 1.54) is 17.8 Å². The van der Waals surface area contributed by atoms with Crippen LogP contribution in [0.15, 0.2) is 23.4 Å². The van der Waals surface area contributed by atoms with Crippen molar-refractivity contribution < 1.29 is 4.92 Å². The van der Waals surface area contributed by atoms with Gasteiger partial charge >= 0.3 is 5.69 Å². The van der Waals surface area contributed by atoms with Crippen molar-refractivity contribution in [3.05, 3.63) is 28.4 Å². The quantitative estimate of drug-likeness (QED) is 0.644. The molecule has 1 unspecified atom stereocenters. The third-order valence-electron chi connectivity index (χ3n) is 2.48. The summed E-state index contributed by atoms with van der Waals surface area (Å²) in [4.78, 5) is 14.5. The van der Waals surface area contributed by atoms with Crippen LogP contribution >= 0.6 is 11.8 Å². The minimum atomic E-state index is -0.369. The average Bonchev–Trinajstić information content (AvgIpc) is 2.31. The Hall–Kier alpha value is -1.14. The molecule has 1 aliphatic rings. The summed E-state index contributed by atoms with van der Waals surface area (Å²) in [5, 5.41) is 15.0. The van der Waals surface area contributed by atoms with Gasteiger partial charge in [0.1, 0.15) is 0 Å². The number of hydrogen-bond acceptors (Lipinski definition) is 5. The number of aromatic nitrogens is 1. The zero-order chi connectivity index (χ0) is 11.4. The molecule has 6 heteroatoms. The monoisotopic (exact) mass is 239 g/mol. The molecule has 2 heterocycles. The van der Waals surface area contributed by atoms with E-state index in [2.05, 4.69) is 10.3 Å². The molecule has 0 aromatic carbocycles. The third-order valence-corrected chi connectivity index (χ3v) is 3.75. The summed E-state index contributed by atoms with van der Waals surface area (Å²) < 4.78 is 0. The Labute approximate surface area is 97.8 Å². The molecule has 1 atom stereocenters. The standard InChI is InChI=1S/C10H13N3O2S/c14-13(15)9-4-2-6-12-10(9)16-8-3-1-5-11-7-8/h2,4,6,8,11H,1,3,5,7H2. The highest BCUT2D eigenvalue weighted by Gasteiger charge is 2.20. The first-order chi connectivity index (χ1) is 7.77. The third kappa shape index (κ3) is 2.70. The second kappa shape index (κ2) is 5.27. The fourth-order valence-corrected chi connectivity index (χ4v) is 2.88. The van der Waals surface area contributed by atoms with Gasteiger partial charge in [-0.2, -0.15) is 0 Å². The molecule has 86 valence electrons. The van der Waals surface area contributed by atoms with Crippen molar-refractivity contribution in [1.82, 2.24) is 10.3 Å². The lowest BCUT2D eigenvalue weighted by Crippen LogP contribution is -2.31. The molecule has 1 aromatic heterocycles. The summed E-state index contributed by atoms with van der Waals surface area (Å²) in [5.74, 6) is 0. The van der Waals surface area contributed by atoms with Crippen molar-refractivity contribution in [3.8, 4) is 0 Å². The van der Waals surface area contributed by atoms with Crippen LogP contribution in [0.4, 0.5) is 5.69 Å². The van der Waals surface area contributed by atoms with E-state index >= 15 is 0 Å². The molecule has 1 N–H and O–H groups in total. The van der Waals surface area contributed by atoms with Crippen molar-refractivity contribution in [2.45, 2.75) is 23.1 Å². The number of pyridine rings is 1. The van der Waals surface area contributed by atoms with Gasteiger partial charge in [-0.25, -0.2) is 4.98 Å². The summed E-state index contributed by atoms with van der Waals surface area (Å²) in [7, 11) is 0. The lowest BCUT2D eigenvalue weighted by atomic mass is 10.2. The highest BCUT2D eigenvalue weighted by Crippen LogP contribution is 2.31. The van der Waals surface area contributed by atoms with Gasteiger partial charge in [0.2, 0.25) is 0 Å². The van der Waals surface area contributed by atoms with Gasteiger partial charge in [0.05, 0.1) is 4.92 Å². The van der Waals surface area contributed by atoms with E-state index in [1.807, 2.05) is 0 Å². The van der Waals surface area contributed by atoms with Gasteiger partial charge < -0.3 is 5.32 Å². The Morgan fingerprint density at radius 1 is 1.62 bits per heavy atom. The Morgan fingerprint density at radius 2 is 2.50 bits per heavy atom. The predicted octanol–water partition coefficient (Wildman–Crippen LogP) is 1.83. The van der Waals surface area contributed by atoms with E-state index in [0.717, 1.165) is 25.9 Å². The molecule has 0 bridgehead atoms. The fourth-order valence-electron chi connectivity index (χ4n) is 1.69. The van der Waals surface area contributed by atoms with E-state index < -0.39 is 0 Å². The second-order valence-electron chi connectivity index (χ2n) is 3.67. The number of thioether (sulfide) groups is 1. The lowest BCUT2D eigenvalue weighted by Gasteiger charge is -2.21. The Balaban J connectivity index is 2.10. The SMILES string of the molecule is O=[N+]([O-])c1cccnc1SC1CCCNC1. The van der Waals surface area contributed by atoms with Crippen LogP contribution in [0.3, 0.4) is 0 Å². The molecular formula is C10H13N3O2S. The highest BCUT2D eigenvalue weighted by atomic mass is 32.2. The minimum absolute atomic E-state index is 0.109. The number of rotatable bonds is 3. The van der Waals surface area contributed by atoms with Gasteiger partial charge in [0.25, 0.3) is 0 Å². The number of piperidine rings is 1. The molecule has 1 fully saturated rings. The van der Waals surface area contributed by atoms with Crippen molar-refractivity contribution in [2.24, 2.45) is 0 Å². The molecule has 0 amide bonds. The van der Waals surface area contributed by atoms with Crippen LogP contribution in [0, 0.1) is 10.1 Å². The Bertz CT molecular complexity index is 380. The fraction of sp³-hybridized carbons (Fsp3) is 0.500. The Kier molecular flexibility index (Phi) is 3.74. The van der Waals surface area contributed by atoms with Crippen LogP contribution < -0.4 is 5.32 Å². The number of nitrogens with zero attached hydrogens (tertiary/aromatic N) is 2. The summed E-state index contributed by atoms with van der Waals surface area (Å²) >= 11 is 1.50. The van der Waals surface area contributed by atoms with Crippen LogP contribution in [-0.2, 0) is 0 Å². The number of nitro groups is 1. The number of nitrogens with one attached hydrogen (secondary N) is 1. The van der Waals surface area contributed by atoms with Gasteiger partial charge in [-0.1, -0.05) is 11.8 Å². The first-order valence-electron chi connectivity index (χ1n) is 5.24. The van der Waals surface area contributed by atoms with Gasteiger partial charge in [0, 0.05) is 24.1 Å². The molecule has 0 aliphatic carbocycles. The van der Waals surface area contributed by atoms with E-state index in [0.29, 0.717) is 10.3 Å². The summed E-state index contributed by atoms with van der Waals surface area (Å²) in [6.07, 6.45) is 3.81. The van der Waals surface area contributed by atoms with Gasteiger partial charge in [-0.05, 0) is 25.5 Å². The maximum atomic E-state index is 10.8. The molecule has 5 nitrogen and oxygen atoms in total. The second-order valence-corrected chi connectivity index (χ2v) is 4.96. The molecule has 0 spiro atoms. The van der Waals surface area contributed by atoms with Crippen LogP contribution in [0.2, 0.25) is 0 Å². The molecule has 0 saturated carbocycles. The first kappa shape index (κ1) is 11.3. The van der Waals surface area contributed by atoms with Crippen LogP contribution in [0.25, 0.3) is 0 Å². The maximum Gasteiger partial charge on any atom is 0.301 e. The Morgan fingerprint density at radius 3 is 3.19 bits per heavy atom. The topological polar surface area (TPSA) is 68.1 Å². The van der Waals surface area contributed by atoms with Gasteiger partial charge in [-0.3, -0.25) is 10.1 Å². The first-order valence-corrected chi connectivity index (χ1v) is 6.12. The zero-order valence-corrected chi connectivity index (χ0v) is 9.57. The normalized spacial score (nSPS) is 20.6. The maximum absolute atomic E-state index is 10.8.